The highest BCUT2D eigenvalue weighted by Crippen LogP contribution is 2.12. The number of benzene rings is 1. The van der Waals surface area contributed by atoms with Crippen LogP contribution in [-0.2, 0) is 10.0 Å². The van der Waals surface area contributed by atoms with Crippen LogP contribution < -0.4 is 10.5 Å². The zero-order valence-electron chi connectivity index (χ0n) is 6.97. The summed E-state index contributed by atoms with van der Waals surface area (Å²) in [6, 6.07) is 4.54. The molecule has 1 aromatic rings. The minimum atomic E-state index is -3.83. The quantitative estimate of drug-likeness (QED) is 0.642. The fourth-order valence-corrected chi connectivity index (χ4v) is 1.84. The highest BCUT2D eigenvalue weighted by atomic mass is 32.2. The number of hydrogen-bond acceptors (Lipinski definition) is 4. The number of carbonyl (C=O) groups is 1. The van der Waals surface area contributed by atoms with Crippen molar-refractivity contribution in [3.05, 3.63) is 24.3 Å². The molecule has 0 atom stereocenters. The molecule has 0 aliphatic rings. The molecule has 1 aromatic carbocycles. The van der Waals surface area contributed by atoms with E-state index in [1.54, 1.807) is 4.72 Å². The van der Waals surface area contributed by atoms with E-state index < -0.39 is 16.1 Å². The Labute approximate surface area is 86.8 Å². The Hall–Kier alpha value is -1.21. The Morgan fingerprint density at radius 2 is 1.79 bits per heavy atom. The lowest BCUT2D eigenvalue weighted by atomic mass is 10.4. The van der Waals surface area contributed by atoms with E-state index in [-0.39, 0.29) is 4.90 Å². The SMILES string of the molecule is NC(=O)NS(=O)(=O)c1ccc(S)cc1. The molecule has 14 heavy (non-hydrogen) atoms. The van der Waals surface area contributed by atoms with Gasteiger partial charge in [0.05, 0.1) is 4.90 Å². The van der Waals surface area contributed by atoms with Crippen LogP contribution >= 0.6 is 12.6 Å². The number of rotatable bonds is 2. The van der Waals surface area contributed by atoms with E-state index in [4.69, 9.17) is 5.73 Å². The summed E-state index contributed by atoms with van der Waals surface area (Å²) in [5.41, 5.74) is 4.70. The minimum Gasteiger partial charge on any atom is -0.351 e. The molecule has 7 heteroatoms. The van der Waals surface area contributed by atoms with Crippen molar-refractivity contribution >= 4 is 28.7 Å². The number of primary amides is 1. The maximum Gasteiger partial charge on any atom is 0.326 e. The van der Waals surface area contributed by atoms with Crippen LogP contribution in [0.4, 0.5) is 4.79 Å². The molecule has 0 fully saturated rings. The van der Waals surface area contributed by atoms with Crippen molar-refractivity contribution in [1.29, 1.82) is 0 Å². The Morgan fingerprint density at radius 1 is 1.29 bits per heavy atom. The predicted octanol–water partition coefficient (Wildman–Crippen LogP) is 0.332. The van der Waals surface area contributed by atoms with Crippen molar-refractivity contribution in [2.24, 2.45) is 5.73 Å². The molecular weight excluding hydrogens is 224 g/mol. The monoisotopic (exact) mass is 232 g/mol. The highest BCUT2D eigenvalue weighted by Gasteiger charge is 2.14. The highest BCUT2D eigenvalue weighted by molar-refractivity contribution is 7.90. The van der Waals surface area contributed by atoms with Crippen molar-refractivity contribution in [2.45, 2.75) is 9.79 Å². The van der Waals surface area contributed by atoms with Crippen molar-refractivity contribution < 1.29 is 13.2 Å². The number of hydrogen-bond donors (Lipinski definition) is 3. The molecule has 0 saturated heterocycles. The fraction of sp³-hybridized carbons (Fsp3) is 0. The second kappa shape index (κ2) is 3.89. The number of nitrogens with two attached hydrogens (primary N) is 1. The smallest absolute Gasteiger partial charge is 0.326 e. The number of carbonyl (C=O) groups excluding carboxylic acids is 1. The first-order chi connectivity index (χ1) is 6.42. The summed E-state index contributed by atoms with van der Waals surface area (Å²) >= 11 is 3.99. The van der Waals surface area contributed by atoms with Crippen LogP contribution in [0.5, 0.6) is 0 Å². The van der Waals surface area contributed by atoms with Crippen LogP contribution in [0.2, 0.25) is 0 Å². The Kier molecular flexibility index (Phi) is 3.02. The van der Waals surface area contributed by atoms with Gasteiger partial charge in [0.15, 0.2) is 0 Å². The third kappa shape index (κ3) is 2.64. The van der Waals surface area contributed by atoms with Crippen LogP contribution in [-0.4, -0.2) is 14.4 Å². The average molecular weight is 232 g/mol. The van der Waals surface area contributed by atoms with Crippen LogP contribution in [0.25, 0.3) is 0 Å². The van der Waals surface area contributed by atoms with Gasteiger partial charge in [0, 0.05) is 4.90 Å². The first kappa shape index (κ1) is 10.9. The van der Waals surface area contributed by atoms with Gasteiger partial charge < -0.3 is 5.73 Å². The molecule has 5 nitrogen and oxygen atoms in total. The van der Waals surface area contributed by atoms with Gasteiger partial charge in [-0.1, -0.05) is 0 Å². The van der Waals surface area contributed by atoms with Gasteiger partial charge in [-0.25, -0.2) is 17.9 Å². The zero-order chi connectivity index (χ0) is 10.8. The van der Waals surface area contributed by atoms with Crippen LogP contribution in [0.15, 0.2) is 34.1 Å². The van der Waals surface area contributed by atoms with Crippen molar-refractivity contribution in [3.8, 4) is 0 Å². The van der Waals surface area contributed by atoms with Gasteiger partial charge in [-0.05, 0) is 24.3 Å². The third-order valence-corrected chi connectivity index (χ3v) is 3.04. The van der Waals surface area contributed by atoms with Crippen molar-refractivity contribution in [2.75, 3.05) is 0 Å². The summed E-state index contributed by atoms with van der Waals surface area (Å²) in [6.07, 6.45) is 0. The summed E-state index contributed by atoms with van der Waals surface area (Å²) in [6.45, 7) is 0. The second-order valence-electron chi connectivity index (χ2n) is 2.46. The normalized spacial score (nSPS) is 10.9. The lowest BCUT2D eigenvalue weighted by Gasteiger charge is -2.03. The molecule has 0 heterocycles. The first-order valence-electron chi connectivity index (χ1n) is 3.53. The van der Waals surface area contributed by atoms with Gasteiger partial charge in [-0.3, -0.25) is 0 Å². The summed E-state index contributed by atoms with van der Waals surface area (Å²) in [5.74, 6) is 0. The largest absolute Gasteiger partial charge is 0.351 e. The molecule has 0 aliphatic heterocycles. The van der Waals surface area contributed by atoms with Gasteiger partial charge in [0.2, 0.25) is 0 Å². The van der Waals surface area contributed by atoms with E-state index in [1.165, 1.54) is 24.3 Å². The molecule has 76 valence electrons. The maximum atomic E-state index is 11.3. The topological polar surface area (TPSA) is 89.3 Å². The molecule has 2 amide bonds. The van der Waals surface area contributed by atoms with Gasteiger partial charge in [0.1, 0.15) is 0 Å². The summed E-state index contributed by atoms with van der Waals surface area (Å²) < 4.78 is 24.3. The zero-order valence-corrected chi connectivity index (χ0v) is 8.68. The fourth-order valence-electron chi connectivity index (χ4n) is 0.817. The molecule has 0 saturated carbocycles. The lowest BCUT2D eigenvalue weighted by Crippen LogP contribution is -2.34. The first-order valence-corrected chi connectivity index (χ1v) is 5.46. The van der Waals surface area contributed by atoms with Crippen LogP contribution in [0.1, 0.15) is 0 Å². The average Bonchev–Trinajstić information content (AvgIpc) is 2.02. The van der Waals surface area contributed by atoms with E-state index in [0.717, 1.165) is 0 Å². The maximum absolute atomic E-state index is 11.3. The number of amides is 2. The second-order valence-corrected chi connectivity index (χ2v) is 4.66. The third-order valence-electron chi connectivity index (χ3n) is 1.38. The lowest BCUT2D eigenvalue weighted by molar-refractivity contribution is 0.253. The van der Waals surface area contributed by atoms with Gasteiger partial charge in [-0.2, -0.15) is 0 Å². The van der Waals surface area contributed by atoms with E-state index in [1.807, 2.05) is 0 Å². The molecule has 0 bridgehead atoms. The molecular formula is C7H8N2O3S2. The van der Waals surface area contributed by atoms with Gasteiger partial charge in [-0.15, -0.1) is 12.6 Å². The minimum absolute atomic E-state index is 0.0332. The summed E-state index contributed by atoms with van der Waals surface area (Å²) in [5, 5.41) is 0. The number of sulfonamides is 1. The molecule has 0 spiro atoms. The van der Waals surface area contributed by atoms with Crippen LogP contribution in [0.3, 0.4) is 0 Å². The Bertz CT molecular complexity index is 439. The van der Waals surface area contributed by atoms with E-state index >= 15 is 0 Å². The molecule has 1 rings (SSSR count). The Morgan fingerprint density at radius 3 is 2.21 bits per heavy atom. The van der Waals surface area contributed by atoms with Gasteiger partial charge in [0.25, 0.3) is 10.0 Å². The van der Waals surface area contributed by atoms with Crippen molar-refractivity contribution in [1.82, 2.24) is 4.72 Å². The van der Waals surface area contributed by atoms with E-state index in [9.17, 15) is 13.2 Å². The Balaban J connectivity index is 3.05. The van der Waals surface area contributed by atoms with Crippen LogP contribution in [0, 0.1) is 0 Å². The molecule has 0 radical (unpaired) electrons. The molecule has 0 aromatic heterocycles. The number of nitrogens with one attached hydrogen (secondary N) is 1. The van der Waals surface area contributed by atoms with E-state index in [2.05, 4.69) is 12.6 Å². The van der Waals surface area contributed by atoms with E-state index in [0.29, 0.717) is 4.90 Å². The van der Waals surface area contributed by atoms with Crippen molar-refractivity contribution in [3.63, 3.8) is 0 Å². The summed E-state index contributed by atoms with van der Waals surface area (Å²) in [7, 11) is -3.83. The predicted molar refractivity (Wildman–Crippen MR) is 53.6 cm³/mol. The number of thiol groups is 1. The standard InChI is InChI=1S/C7H8N2O3S2/c8-7(10)9-14(11,12)6-3-1-5(13)2-4-6/h1-4,13H,(H3,8,9,10). The molecule has 0 unspecified atom stereocenters. The van der Waals surface area contributed by atoms with Gasteiger partial charge >= 0.3 is 6.03 Å². The molecule has 3 N–H and O–H groups in total. The number of urea groups is 1. The summed E-state index contributed by atoms with van der Waals surface area (Å²) in [4.78, 5) is 11.0. The molecule has 0 aliphatic carbocycles.